The van der Waals surface area contributed by atoms with Gasteiger partial charge in [-0.25, -0.2) is 0 Å². The van der Waals surface area contributed by atoms with Crippen molar-refractivity contribution in [3.8, 4) is 11.3 Å². The van der Waals surface area contributed by atoms with Crippen molar-refractivity contribution < 1.29 is 9.32 Å². The number of carbonyl (C=O) groups excluding carboxylic acids is 1. The van der Waals surface area contributed by atoms with Crippen molar-refractivity contribution in [3.63, 3.8) is 0 Å². The largest absolute Gasteiger partial charge is 0.355 e. The summed E-state index contributed by atoms with van der Waals surface area (Å²) in [6, 6.07) is 10.3. The zero-order valence-corrected chi connectivity index (χ0v) is 16.0. The quantitative estimate of drug-likeness (QED) is 0.708. The molecule has 4 heteroatoms. The molecule has 1 saturated carbocycles. The highest BCUT2D eigenvalue weighted by Crippen LogP contribution is 2.33. The Morgan fingerprint density at radius 3 is 2.50 bits per heavy atom. The van der Waals surface area contributed by atoms with E-state index in [9.17, 15) is 4.79 Å². The first-order chi connectivity index (χ1) is 12.7. The number of benzene rings is 1. The molecule has 1 aliphatic rings. The van der Waals surface area contributed by atoms with Gasteiger partial charge in [-0.1, -0.05) is 75.4 Å². The molecule has 1 N–H and O–H groups in total. The van der Waals surface area contributed by atoms with Crippen LogP contribution in [0.3, 0.4) is 0 Å². The molecule has 1 heterocycles. The van der Waals surface area contributed by atoms with Crippen LogP contribution >= 0.6 is 0 Å². The maximum Gasteiger partial charge on any atom is 0.273 e. The third kappa shape index (κ3) is 4.54. The zero-order valence-electron chi connectivity index (χ0n) is 16.0. The molecule has 1 aliphatic carbocycles. The monoisotopic (exact) mass is 354 g/mol. The summed E-state index contributed by atoms with van der Waals surface area (Å²) in [6.45, 7) is 4.97. The van der Waals surface area contributed by atoms with Crippen LogP contribution in [0, 0.1) is 5.92 Å². The van der Waals surface area contributed by atoms with E-state index in [-0.39, 0.29) is 5.91 Å². The molecule has 0 atom stereocenters. The highest BCUT2D eigenvalue weighted by molar-refractivity contribution is 5.93. The van der Waals surface area contributed by atoms with Gasteiger partial charge in [-0.15, -0.1) is 0 Å². The summed E-state index contributed by atoms with van der Waals surface area (Å²) in [5, 5.41) is 6.90. The molecule has 0 aliphatic heterocycles. The minimum atomic E-state index is -0.161. The predicted octanol–water partition coefficient (Wildman–Crippen LogP) is 5.56. The lowest BCUT2D eigenvalue weighted by atomic mass is 9.84. The lowest BCUT2D eigenvalue weighted by Gasteiger charge is -2.21. The van der Waals surface area contributed by atoms with Crippen LogP contribution in [0.5, 0.6) is 0 Å². The van der Waals surface area contributed by atoms with E-state index in [0.717, 1.165) is 18.4 Å². The van der Waals surface area contributed by atoms with Crippen LogP contribution in [0.1, 0.15) is 80.8 Å². The van der Waals surface area contributed by atoms with Crippen molar-refractivity contribution in [1.82, 2.24) is 10.5 Å². The maximum absolute atomic E-state index is 12.3. The summed E-state index contributed by atoms with van der Waals surface area (Å²) in [5.41, 5.74) is 2.73. The average Bonchev–Trinajstić information content (AvgIpc) is 3.20. The van der Waals surface area contributed by atoms with Crippen LogP contribution in [-0.4, -0.2) is 17.6 Å². The van der Waals surface area contributed by atoms with Gasteiger partial charge >= 0.3 is 0 Å². The van der Waals surface area contributed by atoms with Crippen LogP contribution in [0.25, 0.3) is 11.3 Å². The summed E-state index contributed by atoms with van der Waals surface area (Å²) >= 11 is 0. The Hall–Kier alpha value is -2.10. The summed E-state index contributed by atoms with van der Waals surface area (Å²) in [7, 11) is 0. The molecule has 1 aromatic carbocycles. The summed E-state index contributed by atoms with van der Waals surface area (Å²) < 4.78 is 5.41. The Bertz CT molecular complexity index is 695. The minimum Gasteiger partial charge on any atom is -0.355 e. The zero-order chi connectivity index (χ0) is 18.4. The number of hydrogen-bond acceptors (Lipinski definition) is 3. The van der Waals surface area contributed by atoms with Crippen LogP contribution in [0.4, 0.5) is 0 Å². The Labute approximate surface area is 156 Å². The molecule has 0 bridgehead atoms. The van der Waals surface area contributed by atoms with E-state index in [1.807, 2.05) is 0 Å². The number of hydrogen-bond donors (Lipinski definition) is 1. The average molecular weight is 354 g/mol. The van der Waals surface area contributed by atoms with Crippen LogP contribution in [0.15, 0.2) is 34.9 Å². The molecule has 1 aromatic heterocycles. The Morgan fingerprint density at radius 2 is 1.85 bits per heavy atom. The van der Waals surface area contributed by atoms with Crippen molar-refractivity contribution in [3.05, 3.63) is 41.6 Å². The second kappa shape index (κ2) is 9.02. The first-order valence-electron chi connectivity index (χ1n) is 10.1. The number of nitrogens with one attached hydrogen (secondary N) is 1. The van der Waals surface area contributed by atoms with E-state index in [2.05, 4.69) is 48.6 Å². The Kier molecular flexibility index (Phi) is 6.48. The molecule has 1 fully saturated rings. The molecular weight excluding hydrogens is 324 g/mol. The fraction of sp³-hybridized carbons (Fsp3) is 0.545. The van der Waals surface area contributed by atoms with Crippen molar-refractivity contribution in [1.29, 1.82) is 0 Å². The third-order valence-electron chi connectivity index (χ3n) is 5.72. The molecule has 0 saturated heterocycles. The number of carbonyl (C=O) groups is 1. The first-order valence-corrected chi connectivity index (χ1v) is 10.1. The number of amides is 1. The molecule has 26 heavy (non-hydrogen) atoms. The molecule has 4 nitrogen and oxygen atoms in total. The Balaban J connectivity index is 1.62. The van der Waals surface area contributed by atoms with Crippen molar-refractivity contribution >= 4 is 5.91 Å². The molecule has 0 spiro atoms. The topological polar surface area (TPSA) is 55.1 Å². The van der Waals surface area contributed by atoms with E-state index in [4.69, 9.17) is 4.52 Å². The molecule has 3 rings (SSSR count). The summed E-state index contributed by atoms with van der Waals surface area (Å²) in [4.78, 5) is 12.3. The fourth-order valence-electron chi connectivity index (χ4n) is 3.78. The van der Waals surface area contributed by atoms with Crippen LogP contribution < -0.4 is 5.32 Å². The van der Waals surface area contributed by atoms with E-state index < -0.39 is 0 Å². The van der Waals surface area contributed by atoms with Gasteiger partial charge in [0.25, 0.3) is 5.91 Å². The van der Waals surface area contributed by atoms with Gasteiger partial charge in [0, 0.05) is 18.2 Å². The molecule has 140 valence electrons. The lowest BCUT2D eigenvalue weighted by Crippen LogP contribution is -2.29. The maximum atomic E-state index is 12.3. The van der Waals surface area contributed by atoms with Gasteiger partial charge in [-0.05, 0) is 30.2 Å². The van der Waals surface area contributed by atoms with Crippen molar-refractivity contribution in [2.24, 2.45) is 5.92 Å². The SMILES string of the molecule is CCC(CC)CNC(=O)c1cc(-c2ccc(C3CCCCC3)cc2)on1. The van der Waals surface area contributed by atoms with E-state index in [1.54, 1.807) is 6.07 Å². The molecule has 0 radical (unpaired) electrons. The number of aromatic nitrogens is 1. The van der Waals surface area contributed by atoms with Crippen molar-refractivity contribution in [2.75, 3.05) is 6.54 Å². The van der Waals surface area contributed by atoms with Gasteiger partial charge in [0.2, 0.25) is 0 Å². The number of rotatable bonds is 7. The van der Waals surface area contributed by atoms with Gasteiger partial charge in [0.1, 0.15) is 0 Å². The molecular formula is C22H30N2O2. The highest BCUT2D eigenvalue weighted by atomic mass is 16.5. The van der Waals surface area contributed by atoms with E-state index in [1.165, 1.54) is 37.7 Å². The minimum absolute atomic E-state index is 0.161. The van der Waals surface area contributed by atoms with Crippen LogP contribution in [0.2, 0.25) is 0 Å². The summed E-state index contributed by atoms with van der Waals surface area (Å²) in [5.74, 6) is 1.69. The smallest absolute Gasteiger partial charge is 0.273 e. The molecule has 0 unspecified atom stereocenters. The lowest BCUT2D eigenvalue weighted by molar-refractivity contribution is 0.0937. The van der Waals surface area contributed by atoms with Gasteiger partial charge in [-0.3, -0.25) is 4.79 Å². The standard InChI is InChI=1S/C22H30N2O2/c1-3-16(4-2)15-23-22(25)20-14-21(26-24-20)19-12-10-18(11-13-19)17-8-6-5-7-9-17/h10-14,16-17H,3-9,15H2,1-2H3,(H,23,25). The normalized spacial score (nSPS) is 15.3. The summed E-state index contributed by atoms with van der Waals surface area (Å²) in [6.07, 6.45) is 8.76. The third-order valence-corrected chi connectivity index (χ3v) is 5.72. The van der Waals surface area contributed by atoms with E-state index in [0.29, 0.717) is 29.8 Å². The predicted molar refractivity (Wildman–Crippen MR) is 104 cm³/mol. The molecule has 1 amide bonds. The second-order valence-electron chi connectivity index (χ2n) is 7.43. The number of nitrogens with zero attached hydrogens (tertiary/aromatic N) is 1. The first kappa shape index (κ1) is 18.7. The fourth-order valence-corrected chi connectivity index (χ4v) is 3.78. The van der Waals surface area contributed by atoms with E-state index >= 15 is 0 Å². The van der Waals surface area contributed by atoms with Gasteiger partial charge < -0.3 is 9.84 Å². The van der Waals surface area contributed by atoms with Gasteiger partial charge in [0.05, 0.1) is 0 Å². The van der Waals surface area contributed by atoms with Gasteiger partial charge in [0.15, 0.2) is 11.5 Å². The molecule has 2 aromatic rings. The second-order valence-corrected chi connectivity index (χ2v) is 7.43. The Morgan fingerprint density at radius 1 is 1.15 bits per heavy atom. The highest BCUT2D eigenvalue weighted by Gasteiger charge is 2.17. The van der Waals surface area contributed by atoms with Gasteiger partial charge in [-0.2, -0.15) is 0 Å². The van der Waals surface area contributed by atoms with Crippen LogP contribution in [-0.2, 0) is 0 Å². The van der Waals surface area contributed by atoms with Crippen molar-refractivity contribution in [2.45, 2.75) is 64.7 Å².